The summed E-state index contributed by atoms with van der Waals surface area (Å²) in [6, 6.07) is 2.60. The minimum absolute atomic E-state index is 0.0261. The van der Waals surface area contributed by atoms with Crippen LogP contribution in [0.25, 0.3) is 0 Å². The van der Waals surface area contributed by atoms with E-state index in [2.05, 4.69) is 0 Å². The van der Waals surface area contributed by atoms with Gasteiger partial charge in [-0.1, -0.05) is 0 Å². The van der Waals surface area contributed by atoms with Crippen molar-refractivity contribution in [2.45, 2.75) is 11.8 Å². The van der Waals surface area contributed by atoms with Gasteiger partial charge in [0.25, 0.3) is 14.7 Å². The van der Waals surface area contributed by atoms with Crippen LogP contribution in [0.1, 0.15) is 5.56 Å². The highest BCUT2D eigenvalue weighted by molar-refractivity contribution is 14.1. The van der Waals surface area contributed by atoms with Gasteiger partial charge in [-0.3, -0.25) is 10.1 Å². The van der Waals surface area contributed by atoms with E-state index in [-0.39, 0.29) is 14.2 Å². The molecule has 1 aromatic carbocycles. The van der Waals surface area contributed by atoms with Crippen molar-refractivity contribution in [1.29, 1.82) is 0 Å². The molecule has 0 bridgehead atoms. The number of nitro benzene ring substituents is 1. The molecule has 0 aliphatic carbocycles. The van der Waals surface area contributed by atoms with Crippen molar-refractivity contribution >= 4 is 48.0 Å². The van der Waals surface area contributed by atoms with Crippen molar-refractivity contribution in [3.05, 3.63) is 31.4 Å². The highest BCUT2D eigenvalue weighted by atomic mass is 127. The van der Waals surface area contributed by atoms with E-state index in [1.54, 1.807) is 29.5 Å². The first-order valence-corrected chi connectivity index (χ1v) is 7.01. The van der Waals surface area contributed by atoms with Crippen molar-refractivity contribution in [3.63, 3.8) is 0 Å². The maximum absolute atomic E-state index is 11.1. The van der Waals surface area contributed by atoms with Gasteiger partial charge in [-0.15, -0.1) is 0 Å². The van der Waals surface area contributed by atoms with E-state index >= 15 is 0 Å². The summed E-state index contributed by atoms with van der Waals surface area (Å²) >= 11 is 1.59. The molecule has 0 saturated heterocycles. The van der Waals surface area contributed by atoms with Gasteiger partial charge in [-0.25, -0.2) is 8.42 Å². The van der Waals surface area contributed by atoms with Gasteiger partial charge in [0.15, 0.2) is 0 Å². The van der Waals surface area contributed by atoms with Crippen molar-refractivity contribution in [2.24, 2.45) is 0 Å². The topological polar surface area (TPSA) is 77.3 Å². The Morgan fingerprint density at radius 3 is 2.40 bits per heavy atom. The Balaban J connectivity index is 3.63. The predicted molar refractivity (Wildman–Crippen MR) is 63.6 cm³/mol. The zero-order valence-electron chi connectivity index (χ0n) is 7.40. The van der Waals surface area contributed by atoms with E-state index in [1.165, 1.54) is 12.1 Å². The SMILES string of the molecule is Cc1cc([N+](=O)[O-])c(I)c(S(=O)(=O)Cl)c1. The minimum Gasteiger partial charge on any atom is -0.258 e. The van der Waals surface area contributed by atoms with E-state index in [1.807, 2.05) is 0 Å². The number of nitrogens with zero attached hydrogens (tertiary/aromatic N) is 1. The van der Waals surface area contributed by atoms with Crippen molar-refractivity contribution in [3.8, 4) is 0 Å². The molecule has 1 rings (SSSR count). The molecule has 0 saturated carbocycles. The molecule has 8 heteroatoms. The quantitative estimate of drug-likeness (QED) is 0.351. The summed E-state index contributed by atoms with van der Waals surface area (Å²) in [6.45, 7) is 1.56. The summed E-state index contributed by atoms with van der Waals surface area (Å²) in [4.78, 5) is 9.75. The van der Waals surface area contributed by atoms with Gasteiger partial charge >= 0.3 is 0 Å². The smallest absolute Gasteiger partial charge is 0.258 e. The number of hydrogen-bond donors (Lipinski definition) is 0. The van der Waals surface area contributed by atoms with Gasteiger partial charge < -0.3 is 0 Å². The summed E-state index contributed by atoms with van der Waals surface area (Å²) in [5, 5.41) is 10.6. The number of rotatable bonds is 2. The third-order valence-electron chi connectivity index (χ3n) is 1.62. The van der Waals surface area contributed by atoms with Crippen LogP contribution in [0.2, 0.25) is 0 Å². The van der Waals surface area contributed by atoms with Crippen LogP contribution in [0.5, 0.6) is 0 Å². The van der Waals surface area contributed by atoms with Crippen LogP contribution in [-0.4, -0.2) is 13.3 Å². The Morgan fingerprint density at radius 2 is 2.00 bits per heavy atom. The average Bonchev–Trinajstić information content (AvgIpc) is 2.06. The fourth-order valence-electron chi connectivity index (χ4n) is 1.03. The molecular formula is C7H5ClINO4S. The van der Waals surface area contributed by atoms with Crippen LogP contribution in [-0.2, 0) is 9.05 Å². The molecule has 15 heavy (non-hydrogen) atoms. The molecule has 0 aromatic heterocycles. The molecule has 0 amide bonds. The van der Waals surface area contributed by atoms with E-state index in [0.717, 1.165) is 0 Å². The normalized spacial score (nSPS) is 11.4. The van der Waals surface area contributed by atoms with E-state index < -0.39 is 14.0 Å². The first-order chi connectivity index (χ1) is 6.73. The Labute approximate surface area is 104 Å². The Bertz CT molecular complexity index is 528. The summed E-state index contributed by atoms with van der Waals surface area (Å²) in [6.07, 6.45) is 0. The largest absolute Gasteiger partial charge is 0.284 e. The van der Waals surface area contributed by atoms with Gasteiger partial charge in [0.1, 0.15) is 8.47 Å². The lowest BCUT2D eigenvalue weighted by Gasteiger charge is -2.03. The number of benzene rings is 1. The minimum atomic E-state index is -3.95. The summed E-state index contributed by atoms with van der Waals surface area (Å²) in [7, 11) is 1.21. The zero-order valence-corrected chi connectivity index (χ0v) is 11.1. The molecule has 0 aliphatic heterocycles. The van der Waals surface area contributed by atoms with Gasteiger partial charge in [-0.2, -0.15) is 0 Å². The van der Waals surface area contributed by atoms with Gasteiger partial charge in [0, 0.05) is 16.7 Å². The highest BCUT2D eigenvalue weighted by Gasteiger charge is 2.23. The van der Waals surface area contributed by atoms with Crippen molar-refractivity contribution in [2.75, 3.05) is 0 Å². The Morgan fingerprint density at radius 1 is 1.47 bits per heavy atom. The maximum atomic E-state index is 11.1. The van der Waals surface area contributed by atoms with E-state index in [4.69, 9.17) is 10.7 Å². The van der Waals surface area contributed by atoms with E-state index in [9.17, 15) is 18.5 Å². The first-order valence-electron chi connectivity index (χ1n) is 3.62. The monoisotopic (exact) mass is 361 g/mol. The number of nitro groups is 1. The number of aryl methyl sites for hydroxylation is 1. The molecule has 0 aliphatic rings. The average molecular weight is 362 g/mol. The third-order valence-corrected chi connectivity index (χ3v) is 4.47. The van der Waals surface area contributed by atoms with Crippen LogP contribution in [0.3, 0.4) is 0 Å². The number of halogens is 2. The third kappa shape index (κ3) is 2.79. The van der Waals surface area contributed by atoms with Crippen LogP contribution < -0.4 is 0 Å². The Hall–Kier alpha value is -0.410. The lowest BCUT2D eigenvalue weighted by Crippen LogP contribution is -2.00. The van der Waals surface area contributed by atoms with Crippen LogP contribution in [0.15, 0.2) is 17.0 Å². The zero-order chi connectivity index (χ0) is 11.8. The molecule has 0 radical (unpaired) electrons. The molecule has 1 aromatic rings. The van der Waals surface area contributed by atoms with Gasteiger partial charge in [0.2, 0.25) is 0 Å². The van der Waals surface area contributed by atoms with Gasteiger partial charge in [-0.05, 0) is 41.1 Å². The molecular weight excluding hydrogens is 357 g/mol. The summed E-state index contributed by atoms with van der Waals surface area (Å²) < 4.78 is 22.3. The molecule has 0 fully saturated rings. The van der Waals surface area contributed by atoms with Gasteiger partial charge in [0.05, 0.1) is 4.92 Å². The lowest BCUT2D eigenvalue weighted by atomic mass is 10.2. The van der Waals surface area contributed by atoms with Crippen molar-refractivity contribution in [1.82, 2.24) is 0 Å². The second-order valence-corrected chi connectivity index (χ2v) is 6.40. The van der Waals surface area contributed by atoms with E-state index in [0.29, 0.717) is 5.56 Å². The van der Waals surface area contributed by atoms with Crippen molar-refractivity contribution < 1.29 is 13.3 Å². The molecule has 0 N–H and O–H groups in total. The van der Waals surface area contributed by atoms with Crippen LogP contribution >= 0.6 is 33.3 Å². The fraction of sp³-hybridized carbons (Fsp3) is 0.143. The molecule has 0 atom stereocenters. The molecule has 82 valence electrons. The summed E-state index contributed by atoms with van der Waals surface area (Å²) in [5.41, 5.74) is 0.219. The molecule has 0 unspecified atom stereocenters. The Kier molecular flexibility index (Phi) is 3.56. The first kappa shape index (κ1) is 12.7. The molecule has 5 nitrogen and oxygen atoms in total. The summed E-state index contributed by atoms with van der Waals surface area (Å²) in [5.74, 6) is 0. The predicted octanol–water partition coefficient (Wildman–Crippen LogP) is 2.44. The second kappa shape index (κ2) is 4.22. The highest BCUT2D eigenvalue weighted by Crippen LogP contribution is 2.30. The molecule has 0 heterocycles. The number of hydrogen-bond acceptors (Lipinski definition) is 4. The van der Waals surface area contributed by atoms with Crippen LogP contribution in [0.4, 0.5) is 5.69 Å². The maximum Gasteiger partial charge on any atom is 0.284 e. The lowest BCUT2D eigenvalue weighted by molar-refractivity contribution is -0.386. The second-order valence-electron chi connectivity index (χ2n) is 2.79. The standard InChI is InChI=1S/C7H5ClINO4S/c1-4-2-5(10(11)12)7(9)6(3-4)15(8,13)14/h2-3H,1H3. The molecule has 0 spiro atoms. The fourth-order valence-corrected chi connectivity index (χ4v) is 3.81. The van der Waals surface area contributed by atoms with Crippen LogP contribution in [0, 0.1) is 20.6 Å².